The van der Waals surface area contributed by atoms with E-state index in [-0.39, 0.29) is 48.2 Å². The van der Waals surface area contributed by atoms with Gasteiger partial charge in [-0.3, -0.25) is 14.9 Å². The monoisotopic (exact) mass is 417 g/mol. The molecule has 1 aliphatic heterocycles. The largest absolute Gasteiger partial charge is 0.336 e. The van der Waals surface area contributed by atoms with Gasteiger partial charge in [0.15, 0.2) is 0 Å². The van der Waals surface area contributed by atoms with Gasteiger partial charge in [-0.1, -0.05) is 12.1 Å². The lowest BCUT2D eigenvalue weighted by atomic mass is 10.1. The molecular formula is C20H23N3O5S. The minimum absolute atomic E-state index is 0.105. The molecule has 0 spiro atoms. The van der Waals surface area contributed by atoms with Crippen LogP contribution in [-0.4, -0.2) is 54.6 Å². The Morgan fingerprint density at radius 2 is 1.55 bits per heavy atom. The molecule has 9 heteroatoms. The molecule has 2 aromatic carbocycles. The van der Waals surface area contributed by atoms with Gasteiger partial charge in [0.25, 0.3) is 11.6 Å². The highest BCUT2D eigenvalue weighted by molar-refractivity contribution is 7.89. The molecule has 1 fully saturated rings. The predicted molar refractivity (Wildman–Crippen MR) is 108 cm³/mol. The first-order valence-corrected chi connectivity index (χ1v) is 10.7. The number of nitro groups is 1. The number of hydrogen-bond acceptors (Lipinski definition) is 5. The summed E-state index contributed by atoms with van der Waals surface area (Å²) >= 11 is 0. The molecule has 1 aliphatic rings. The average molecular weight is 417 g/mol. The first kappa shape index (κ1) is 20.9. The molecule has 0 N–H and O–H groups in total. The number of amides is 1. The van der Waals surface area contributed by atoms with Crippen LogP contribution in [0.5, 0.6) is 0 Å². The van der Waals surface area contributed by atoms with Gasteiger partial charge >= 0.3 is 0 Å². The molecule has 0 unspecified atom stereocenters. The summed E-state index contributed by atoms with van der Waals surface area (Å²) in [6.45, 7) is 6.21. The minimum Gasteiger partial charge on any atom is -0.336 e. The molecule has 0 aromatic heterocycles. The third-order valence-corrected chi connectivity index (χ3v) is 7.19. The van der Waals surface area contributed by atoms with E-state index in [0.717, 1.165) is 11.1 Å². The molecule has 8 nitrogen and oxygen atoms in total. The van der Waals surface area contributed by atoms with Gasteiger partial charge in [0.05, 0.1) is 9.82 Å². The summed E-state index contributed by atoms with van der Waals surface area (Å²) in [5, 5.41) is 11.1. The first-order chi connectivity index (χ1) is 13.6. The van der Waals surface area contributed by atoms with Crippen LogP contribution in [0.4, 0.5) is 5.69 Å². The lowest BCUT2D eigenvalue weighted by molar-refractivity contribution is -0.385. The quantitative estimate of drug-likeness (QED) is 0.562. The van der Waals surface area contributed by atoms with E-state index in [9.17, 15) is 23.3 Å². The molecule has 0 aliphatic carbocycles. The van der Waals surface area contributed by atoms with Crippen molar-refractivity contribution < 1.29 is 18.1 Å². The normalized spacial score (nSPS) is 15.3. The van der Waals surface area contributed by atoms with Gasteiger partial charge in [-0.05, 0) is 50.1 Å². The van der Waals surface area contributed by atoms with Crippen LogP contribution in [-0.2, 0) is 10.0 Å². The number of carbonyl (C=O) groups is 1. The van der Waals surface area contributed by atoms with Crippen molar-refractivity contribution in [2.75, 3.05) is 26.2 Å². The zero-order valence-corrected chi connectivity index (χ0v) is 17.4. The summed E-state index contributed by atoms with van der Waals surface area (Å²) in [5.74, 6) is -0.337. The third-order valence-electron chi connectivity index (χ3n) is 5.29. The second-order valence-electron chi connectivity index (χ2n) is 7.20. The van der Waals surface area contributed by atoms with Gasteiger partial charge in [-0.25, -0.2) is 8.42 Å². The molecule has 1 amide bonds. The molecule has 154 valence electrons. The van der Waals surface area contributed by atoms with Crippen LogP contribution in [0, 0.1) is 30.9 Å². The van der Waals surface area contributed by atoms with Crippen LogP contribution in [0.3, 0.4) is 0 Å². The summed E-state index contributed by atoms with van der Waals surface area (Å²) < 4.78 is 27.2. The number of hydrogen-bond donors (Lipinski definition) is 0. The van der Waals surface area contributed by atoms with E-state index in [4.69, 9.17) is 0 Å². The molecule has 0 radical (unpaired) electrons. The van der Waals surface area contributed by atoms with Crippen LogP contribution in [0.2, 0.25) is 0 Å². The van der Waals surface area contributed by atoms with E-state index in [2.05, 4.69) is 0 Å². The van der Waals surface area contributed by atoms with Crippen LogP contribution in [0.25, 0.3) is 0 Å². The van der Waals surface area contributed by atoms with E-state index in [1.807, 2.05) is 13.8 Å². The van der Waals surface area contributed by atoms with E-state index >= 15 is 0 Å². The second-order valence-corrected chi connectivity index (χ2v) is 9.14. The molecule has 29 heavy (non-hydrogen) atoms. The third kappa shape index (κ3) is 4.15. The Morgan fingerprint density at radius 1 is 0.931 bits per heavy atom. The summed E-state index contributed by atoms with van der Waals surface area (Å²) in [6, 6.07) is 9.42. The Hall–Kier alpha value is -2.78. The summed E-state index contributed by atoms with van der Waals surface area (Å²) in [4.78, 5) is 25.1. The van der Waals surface area contributed by atoms with Gasteiger partial charge in [0, 0.05) is 43.4 Å². The lowest BCUT2D eigenvalue weighted by Gasteiger charge is -2.34. The SMILES string of the molecule is Cc1ccc(S(=O)(=O)N2CCN(C(=O)c3ccc(C)c([N+](=O)[O-])c3)CC2)cc1C. The number of nitro benzene ring substituents is 1. The van der Waals surface area contributed by atoms with E-state index < -0.39 is 14.9 Å². The van der Waals surface area contributed by atoms with Crippen LogP contribution < -0.4 is 0 Å². The number of aryl methyl sites for hydroxylation is 3. The number of nitrogens with zero attached hydrogens (tertiary/aromatic N) is 3. The van der Waals surface area contributed by atoms with Gasteiger partial charge in [0.1, 0.15) is 0 Å². The second kappa shape index (κ2) is 7.92. The predicted octanol–water partition coefficient (Wildman–Crippen LogP) is 2.67. The Morgan fingerprint density at radius 3 is 2.14 bits per heavy atom. The smallest absolute Gasteiger partial charge is 0.273 e. The van der Waals surface area contributed by atoms with Gasteiger partial charge in [-0.15, -0.1) is 0 Å². The molecule has 0 saturated carbocycles. The van der Waals surface area contributed by atoms with Crippen molar-refractivity contribution in [3.8, 4) is 0 Å². The zero-order valence-electron chi connectivity index (χ0n) is 16.6. The molecule has 0 bridgehead atoms. The number of carbonyl (C=O) groups excluding carboxylic acids is 1. The number of piperazine rings is 1. The summed E-state index contributed by atoms with van der Waals surface area (Å²) in [7, 11) is -3.63. The van der Waals surface area contributed by atoms with Gasteiger partial charge < -0.3 is 4.90 Å². The highest BCUT2D eigenvalue weighted by atomic mass is 32.2. The van der Waals surface area contributed by atoms with Crippen molar-refractivity contribution in [2.45, 2.75) is 25.7 Å². The van der Waals surface area contributed by atoms with Crippen molar-refractivity contribution in [3.63, 3.8) is 0 Å². The molecule has 2 aromatic rings. The topological polar surface area (TPSA) is 101 Å². The molecule has 0 atom stereocenters. The Bertz CT molecular complexity index is 1070. The van der Waals surface area contributed by atoms with Gasteiger partial charge in [0.2, 0.25) is 10.0 Å². The van der Waals surface area contributed by atoms with Crippen LogP contribution >= 0.6 is 0 Å². The summed E-state index contributed by atoms with van der Waals surface area (Å²) in [5.41, 5.74) is 2.53. The molecular weight excluding hydrogens is 394 g/mol. The molecule has 1 saturated heterocycles. The minimum atomic E-state index is -3.63. The molecule has 3 rings (SSSR count). The summed E-state index contributed by atoms with van der Waals surface area (Å²) in [6.07, 6.45) is 0. The van der Waals surface area contributed by atoms with E-state index in [1.165, 1.54) is 15.3 Å². The number of rotatable bonds is 4. The number of sulfonamides is 1. The van der Waals surface area contributed by atoms with Crippen molar-refractivity contribution >= 4 is 21.6 Å². The highest BCUT2D eigenvalue weighted by Gasteiger charge is 2.31. The fourth-order valence-electron chi connectivity index (χ4n) is 3.28. The fourth-order valence-corrected chi connectivity index (χ4v) is 4.78. The Labute approximate surface area is 169 Å². The lowest BCUT2D eigenvalue weighted by Crippen LogP contribution is -2.50. The maximum Gasteiger partial charge on any atom is 0.273 e. The first-order valence-electron chi connectivity index (χ1n) is 9.23. The van der Waals surface area contributed by atoms with Crippen LogP contribution in [0.1, 0.15) is 27.0 Å². The Balaban J connectivity index is 1.73. The van der Waals surface area contributed by atoms with Crippen molar-refractivity contribution in [1.82, 2.24) is 9.21 Å². The van der Waals surface area contributed by atoms with Crippen molar-refractivity contribution in [1.29, 1.82) is 0 Å². The van der Waals surface area contributed by atoms with E-state index in [1.54, 1.807) is 37.3 Å². The fraction of sp³-hybridized carbons (Fsp3) is 0.350. The Kier molecular flexibility index (Phi) is 5.72. The van der Waals surface area contributed by atoms with Crippen LogP contribution in [0.15, 0.2) is 41.3 Å². The highest BCUT2D eigenvalue weighted by Crippen LogP contribution is 2.23. The van der Waals surface area contributed by atoms with Crippen molar-refractivity contribution in [3.05, 3.63) is 68.8 Å². The van der Waals surface area contributed by atoms with Gasteiger partial charge in [-0.2, -0.15) is 4.31 Å². The average Bonchev–Trinajstić information content (AvgIpc) is 2.69. The van der Waals surface area contributed by atoms with E-state index in [0.29, 0.717) is 5.56 Å². The van der Waals surface area contributed by atoms with Crippen molar-refractivity contribution in [2.24, 2.45) is 0 Å². The number of benzene rings is 2. The maximum atomic E-state index is 12.9. The standard InChI is InChI=1S/C20H23N3O5S/c1-14-5-7-18(12-16(14)3)29(27,28)22-10-8-21(9-11-22)20(24)17-6-4-15(2)19(13-17)23(25)26/h4-7,12-13H,8-11H2,1-3H3. The maximum absolute atomic E-state index is 12.9. The molecule has 1 heterocycles. The zero-order chi connectivity index (χ0) is 21.3.